The van der Waals surface area contributed by atoms with Crippen molar-refractivity contribution in [3.05, 3.63) is 74.2 Å². The van der Waals surface area contributed by atoms with E-state index in [4.69, 9.17) is 0 Å². The van der Waals surface area contributed by atoms with Gasteiger partial charge in [0.1, 0.15) is 0 Å². The van der Waals surface area contributed by atoms with Crippen LogP contribution in [0.5, 0.6) is 0 Å². The van der Waals surface area contributed by atoms with E-state index in [-0.39, 0.29) is 11.2 Å². The molecule has 22 heavy (non-hydrogen) atoms. The van der Waals surface area contributed by atoms with E-state index < -0.39 is 10.8 Å². The van der Waals surface area contributed by atoms with E-state index in [9.17, 15) is 19.7 Å². The highest BCUT2D eigenvalue weighted by molar-refractivity contribution is 5.94. The quantitative estimate of drug-likeness (QED) is 0.517. The van der Waals surface area contributed by atoms with E-state index in [2.05, 4.69) is 10.5 Å². The number of nitrogens with zero attached hydrogens (tertiary/aromatic N) is 3. The van der Waals surface area contributed by atoms with Crippen LogP contribution < -0.4 is 11.0 Å². The summed E-state index contributed by atoms with van der Waals surface area (Å²) in [7, 11) is 1.54. The molecule has 0 unspecified atom stereocenters. The number of nitro benzene ring substituents is 1. The van der Waals surface area contributed by atoms with Gasteiger partial charge in [0.05, 0.1) is 16.7 Å². The maximum atomic E-state index is 11.8. The van der Waals surface area contributed by atoms with Crippen molar-refractivity contribution in [3.8, 4) is 0 Å². The molecule has 0 spiro atoms. The van der Waals surface area contributed by atoms with E-state index in [1.54, 1.807) is 7.05 Å². The van der Waals surface area contributed by atoms with Gasteiger partial charge in [-0.3, -0.25) is 19.7 Å². The van der Waals surface area contributed by atoms with E-state index in [0.29, 0.717) is 11.1 Å². The van der Waals surface area contributed by atoms with Crippen LogP contribution in [0.2, 0.25) is 0 Å². The highest BCUT2D eigenvalue weighted by Crippen LogP contribution is 2.10. The van der Waals surface area contributed by atoms with Crippen LogP contribution in [-0.2, 0) is 7.05 Å². The molecule has 1 amide bonds. The fourth-order valence-corrected chi connectivity index (χ4v) is 1.64. The summed E-state index contributed by atoms with van der Waals surface area (Å²) < 4.78 is 1.29. The van der Waals surface area contributed by atoms with Gasteiger partial charge in [0, 0.05) is 31.4 Å². The number of amides is 1. The molecule has 0 aliphatic rings. The molecule has 0 saturated carbocycles. The fourth-order valence-electron chi connectivity index (χ4n) is 1.64. The minimum Gasteiger partial charge on any atom is -0.318 e. The van der Waals surface area contributed by atoms with Crippen LogP contribution in [0.1, 0.15) is 15.9 Å². The topological polar surface area (TPSA) is 107 Å². The summed E-state index contributed by atoms with van der Waals surface area (Å²) in [5, 5.41) is 14.3. The van der Waals surface area contributed by atoms with Gasteiger partial charge in [-0.15, -0.1) is 0 Å². The molecule has 1 N–H and O–H groups in total. The average Bonchev–Trinajstić information content (AvgIpc) is 2.50. The lowest BCUT2D eigenvalue weighted by molar-refractivity contribution is -0.384. The first-order valence-corrected chi connectivity index (χ1v) is 6.22. The predicted octanol–water partition coefficient (Wildman–Crippen LogP) is 1.06. The fraction of sp³-hybridized carbons (Fsp3) is 0.0714. The molecule has 1 aromatic carbocycles. The van der Waals surface area contributed by atoms with Gasteiger partial charge in [-0.1, -0.05) is 0 Å². The molecule has 2 rings (SSSR count). The Balaban J connectivity index is 2.02. The SMILES string of the molecule is Cn1cc(C(=O)NN=Cc2ccc([N+](=O)[O-])cc2)ccc1=O. The summed E-state index contributed by atoms with van der Waals surface area (Å²) in [6.07, 6.45) is 2.77. The van der Waals surface area contributed by atoms with Gasteiger partial charge in [-0.25, -0.2) is 5.43 Å². The van der Waals surface area contributed by atoms with Gasteiger partial charge in [0.25, 0.3) is 11.6 Å². The number of hydrogen-bond donors (Lipinski definition) is 1. The predicted molar refractivity (Wildman–Crippen MR) is 79.8 cm³/mol. The lowest BCUT2D eigenvalue weighted by atomic mass is 10.2. The summed E-state index contributed by atoms with van der Waals surface area (Å²) in [6, 6.07) is 8.40. The Morgan fingerprint density at radius 2 is 1.95 bits per heavy atom. The number of nitro groups is 1. The molecule has 0 fully saturated rings. The first kappa shape index (κ1) is 15.1. The third-order valence-corrected chi connectivity index (χ3v) is 2.83. The molecule has 0 radical (unpaired) electrons. The monoisotopic (exact) mass is 300 g/mol. The van der Waals surface area contributed by atoms with E-state index in [0.717, 1.165) is 0 Å². The number of nitrogens with one attached hydrogen (secondary N) is 1. The summed E-state index contributed by atoms with van der Waals surface area (Å²) in [5.74, 6) is -0.464. The molecular formula is C14H12N4O4. The summed E-state index contributed by atoms with van der Waals surface area (Å²) in [4.78, 5) is 33.1. The molecule has 0 aliphatic heterocycles. The molecule has 0 saturated heterocycles. The summed E-state index contributed by atoms with van der Waals surface area (Å²) in [6.45, 7) is 0. The summed E-state index contributed by atoms with van der Waals surface area (Å²) in [5.41, 5.74) is 2.97. The lowest BCUT2D eigenvalue weighted by Crippen LogP contribution is -2.22. The number of benzene rings is 1. The Morgan fingerprint density at radius 3 is 2.55 bits per heavy atom. The van der Waals surface area contributed by atoms with Crippen molar-refractivity contribution in [2.75, 3.05) is 0 Å². The van der Waals surface area contributed by atoms with Crippen LogP contribution in [0.4, 0.5) is 5.69 Å². The normalized spacial score (nSPS) is 10.6. The molecule has 8 nitrogen and oxygen atoms in total. The third kappa shape index (κ3) is 3.63. The number of aryl methyl sites for hydroxylation is 1. The summed E-state index contributed by atoms with van der Waals surface area (Å²) >= 11 is 0. The highest BCUT2D eigenvalue weighted by Gasteiger charge is 2.05. The third-order valence-electron chi connectivity index (χ3n) is 2.83. The molecule has 8 heteroatoms. The van der Waals surface area contributed by atoms with Crippen LogP contribution in [0.25, 0.3) is 0 Å². The second-order valence-electron chi connectivity index (χ2n) is 4.41. The maximum Gasteiger partial charge on any atom is 0.272 e. The van der Waals surface area contributed by atoms with Crippen LogP contribution in [0, 0.1) is 10.1 Å². The van der Waals surface area contributed by atoms with E-state index in [1.165, 1.54) is 53.4 Å². The van der Waals surface area contributed by atoms with Gasteiger partial charge >= 0.3 is 0 Å². The smallest absolute Gasteiger partial charge is 0.272 e. The van der Waals surface area contributed by atoms with Crippen molar-refractivity contribution < 1.29 is 9.72 Å². The minimum atomic E-state index is -0.498. The zero-order chi connectivity index (χ0) is 16.1. The van der Waals surface area contributed by atoms with Crippen molar-refractivity contribution in [3.63, 3.8) is 0 Å². The van der Waals surface area contributed by atoms with Crippen LogP contribution in [-0.4, -0.2) is 21.6 Å². The molecule has 0 aliphatic carbocycles. The number of carbonyl (C=O) groups excluding carboxylic acids is 1. The minimum absolute atomic E-state index is 0.0219. The zero-order valence-electron chi connectivity index (χ0n) is 11.6. The van der Waals surface area contributed by atoms with Crippen molar-refractivity contribution in [2.24, 2.45) is 12.1 Å². The highest BCUT2D eigenvalue weighted by atomic mass is 16.6. The van der Waals surface area contributed by atoms with Gasteiger partial charge in [0.2, 0.25) is 5.56 Å². The average molecular weight is 300 g/mol. The molecule has 0 bridgehead atoms. The standard InChI is InChI=1S/C14H12N4O4/c1-17-9-11(4-7-13(17)19)14(20)16-15-8-10-2-5-12(6-3-10)18(21)22/h2-9H,1H3,(H,16,20). The van der Waals surface area contributed by atoms with Crippen LogP contribution >= 0.6 is 0 Å². The zero-order valence-corrected chi connectivity index (χ0v) is 11.6. The Kier molecular flexibility index (Phi) is 4.42. The number of hydrazone groups is 1. The Morgan fingerprint density at radius 1 is 1.27 bits per heavy atom. The first-order chi connectivity index (χ1) is 10.5. The van der Waals surface area contributed by atoms with Gasteiger partial charge in [0.15, 0.2) is 0 Å². The van der Waals surface area contributed by atoms with Gasteiger partial charge < -0.3 is 4.57 Å². The Bertz CT molecular complexity index is 793. The molecule has 2 aromatic rings. The number of rotatable bonds is 4. The number of hydrogen-bond acceptors (Lipinski definition) is 5. The molecule has 112 valence electrons. The van der Waals surface area contributed by atoms with Gasteiger partial charge in [-0.2, -0.15) is 5.10 Å². The van der Waals surface area contributed by atoms with Crippen molar-refractivity contribution in [1.29, 1.82) is 0 Å². The van der Waals surface area contributed by atoms with E-state index in [1.807, 2.05) is 0 Å². The Labute approximate surface area is 124 Å². The number of aromatic nitrogens is 1. The molecule has 0 atom stereocenters. The first-order valence-electron chi connectivity index (χ1n) is 6.22. The van der Waals surface area contributed by atoms with Crippen LogP contribution in [0.15, 0.2) is 52.5 Å². The largest absolute Gasteiger partial charge is 0.318 e. The molecular weight excluding hydrogens is 288 g/mol. The molecule has 1 aromatic heterocycles. The number of non-ortho nitro benzene ring substituents is 1. The molecule has 1 heterocycles. The second-order valence-corrected chi connectivity index (χ2v) is 4.41. The van der Waals surface area contributed by atoms with Gasteiger partial charge in [-0.05, 0) is 23.8 Å². The van der Waals surface area contributed by atoms with Crippen molar-refractivity contribution in [1.82, 2.24) is 9.99 Å². The van der Waals surface area contributed by atoms with E-state index >= 15 is 0 Å². The second kappa shape index (κ2) is 6.44. The van der Waals surface area contributed by atoms with Crippen molar-refractivity contribution in [2.45, 2.75) is 0 Å². The van der Waals surface area contributed by atoms with Crippen LogP contribution in [0.3, 0.4) is 0 Å². The van der Waals surface area contributed by atoms with Crippen molar-refractivity contribution >= 4 is 17.8 Å². The Hall–Kier alpha value is -3.29. The lowest BCUT2D eigenvalue weighted by Gasteiger charge is -2.01. The number of carbonyl (C=O) groups is 1. The number of pyridine rings is 1. The maximum absolute atomic E-state index is 11.8.